The Balaban J connectivity index is 2.95. The highest BCUT2D eigenvalue weighted by molar-refractivity contribution is 5.95. The fourth-order valence-corrected chi connectivity index (χ4v) is 2.14. The highest BCUT2D eigenvalue weighted by Gasteiger charge is 2.28. The first kappa shape index (κ1) is 19.5. The molecule has 1 aromatic carbocycles. The zero-order valence-corrected chi connectivity index (χ0v) is 14.5. The maximum atomic E-state index is 11.9. The lowest BCUT2D eigenvalue weighted by Crippen LogP contribution is -2.27. The fraction of sp³-hybridized carbons (Fsp3) is 0.444. The molecule has 0 fully saturated rings. The van der Waals surface area contributed by atoms with E-state index in [0.717, 1.165) is 5.56 Å². The lowest BCUT2D eigenvalue weighted by molar-refractivity contribution is -0.161. The van der Waals surface area contributed by atoms with Gasteiger partial charge < -0.3 is 18.9 Å². The van der Waals surface area contributed by atoms with Crippen LogP contribution in [0.3, 0.4) is 0 Å². The van der Waals surface area contributed by atoms with E-state index in [1.165, 1.54) is 0 Å². The zero-order chi connectivity index (χ0) is 17.9. The number of ether oxygens (including phenoxy) is 4. The summed E-state index contributed by atoms with van der Waals surface area (Å²) in [6, 6.07) is 5.42. The van der Waals surface area contributed by atoms with Gasteiger partial charge in [0.05, 0.1) is 33.0 Å². The minimum absolute atomic E-state index is 0.166. The largest absolute Gasteiger partial charge is 0.496 e. The number of hydrogen-bond donors (Lipinski definition) is 0. The van der Waals surface area contributed by atoms with Crippen molar-refractivity contribution in [1.82, 2.24) is 0 Å². The first-order chi connectivity index (χ1) is 11.6. The van der Waals surface area contributed by atoms with Crippen LogP contribution in [0.15, 0.2) is 24.3 Å². The molecule has 6 nitrogen and oxygen atoms in total. The monoisotopic (exact) mass is 336 g/mol. The van der Waals surface area contributed by atoms with E-state index in [9.17, 15) is 9.59 Å². The van der Waals surface area contributed by atoms with Gasteiger partial charge in [-0.25, -0.2) is 0 Å². The van der Waals surface area contributed by atoms with Gasteiger partial charge in [-0.1, -0.05) is 18.2 Å². The summed E-state index contributed by atoms with van der Waals surface area (Å²) in [4.78, 5) is 23.9. The Kier molecular flexibility index (Phi) is 8.39. The Bertz CT molecular complexity index is 539. The molecular weight excluding hydrogens is 312 g/mol. The number of hydrogen-bond acceptors (Lipinski definition) is 6. The van der Waals surface area contributed by atoms with Crippen LogP contribution >= 0.6 is 0 Å². The second-order valence-electron chi connectivity index (χ2n) is 4.77. The van der Waals surface area contributed by atoms with Gasteiger partial charge >= 0.3 is 11.9 Å². The number of benzene rings is 1. The van der Waals surface area contributed by atoms with Crippen LogP contribution in [0.5, 0.6) is 11.5 Å². The first-order valence-corrected chi connectivity index (χ1v) is 7.79. The van der Waals surface area contributed by atoms with Crippen LogP contribution < -0.4 is 9.47 Å². The van der Waals surface area contributed by atoms with Gasteiger partial charge in [0.1, 0.15) is 11.5 Å². The molecule has 0 aliphatic heterocycles. The van der Waals surface area contributed by atoms with Crippen molar-refractivity contribution in [3.63, 3.8) is 0 Å². The lowest BCUT2D eigenvalue weighted by atomic mass is 10.0. The molecule has 0 heterocycles. The molecule has 1 aromatic rings. The summed E-state index contributed by atoms with van der Waals surface area (Å²) >= 11 is 0. The maximum absolute atomic E-state index is 11.9. The van der Waals surface area contributed by atoms with Crippen molar-refractivity contribution in [3.8, 4) is 11.5 Å². The van der Waals surface area contributed by atoms with Gasteiger partial charge in [0.25, 0.3) is 0 Å². The molecule has 0 saturated heterocycles. The van der Waals surface area contributed by atoms with Crippen molar-refractivity contribution in [2.75, 3.05) is 27.4 Å². The summed E-state index contributed by atoms with van der Waals surface area (Å²) < 4.78 is 20.5. The fourth-order valence-electron chi connectivity index (χ4n) is 2.14. The molecule has 0 aliphatic rings. The molecule has 132 valence electrons. The summed E-state index contributed by atoms with van der Waals surface area (Å²) in [7, 11) is 3.12. The molecule has 0 unspecified atom stereocenters. The first-order valence-electron chi connectivity index (χ1n) is 7.79. The summed E-state index contributed by atoms with van der Waals surface area (Å²) in [6.07, 6.45) is 3.63. The van der Waals surface area contributed by atoms with Crippen molar-refractivity contribution in [1.29, 1.82) is 0 Å². The number of rotatable bonds is 9. The van der Waals surface area contributed by atoms with E-state index in [-0.39, 0.29) is 19.6 Å². The Morgan fingerprint density at radius 2 is 1.50 bits per heavy atom. The zero-order valence-electron chi connectivity index (χ0n) is 14.5. The van der Waals surface area contributed by atoms with Gasteiger partial charge in [-0.05, 0) is 32.4 Å². The Morgan fingerprint density at radius 3 is 1.92 bits per heavy atom. The van der Waals surface area contributed by atoms with Crippen LogP contribution in [-0.4, -0.2) is 39.4 Å². The number of carbonyl (C=O) groups is 2. The van der Waals surface area contributed by atoms with Crippen LogP contribution in [0.1, 0.15) is 25.8 Å². The minimum Gasteiger partial charge on any atom is -0.496 e. The smallest absolute Gasteiger partial charge is 0.320 e. The molecule has 0 aromatic heterocycles. The van der Waals surface area contributed by atoms with Crippen molar-refractivity contribution in [2.24, 2.45) is 5.92 Å². The van der Waals surface area contributed by atoms with Crippen molar-refractivity contribution in [2.45, 2.75) is 20.3 Å². The number of carbonyl (C=O) groups excluding carboxylic acids is 2. The second-order valence-corrected chi connectivity index (χ2v) is 4.77. The molecule has 1 rings (SSSR count). The third kappa shape index (κ3) is 5.30. The van der Waals surface area contributed by atoms with Gasteiger partial charge in [-0.3, -0.25) is 9.59 Å². The molecule has 0 atom stereocenters. The Morgan fingerprint density at radius 1 is 1.00 bits per heavy atom. The molecular formula is C18H24O6. The maximum Gasteiger partial charge on any atom is 0.320 e. The van der Waals surface area contributed by atoms with Gasteiger partial charge in [0, 0.05) is 0 Å². The van der Waals surface area contributed by atoms with Crippen molar-refractivity contribution < 1.29 is 28.5 Å². The standard InChI is InChI=1S/C18H24O6/c1-5-23-17(19)14(18(20)24-6-2)10-7-9-13-15(21-3)11-8-12-16(13)22-4/h7-9,11-12,14H,5-6,10H2,1-4H3/b9-7+. The molecule has 0 saturated carbocycles. The number of methoxy groups -OCH3 is 2. The van der Waals surface area contributed by atoms with Gasteiger partial charge in [0.15, 0.2) is 5.92 Å². The average Bonchev–Trinajstić information content (AvgIpc) is 2.58. The summed E-state index contributed by atoms with van der Waals surface area (Å²) in [5.74, 6) is -0.897. The van der Waals surface area contributed by atoms with E-state index in [0.29, 0.717) is 11.5 Å². The molecule has 0 N–H and O–H groups in total. The van der Waals surface area contributed by atoms with Gasteiger partial charge in [-0.2, -0.15) is 0 Å². The molecule has 0 aliphatic carbocycles. The topological polar surface area (TPSA) is 71.1 Å². The lowest BCUT2D eigenvalue weighted by Gasteiger charge is -2.13. The highest BCUT2D eigenvalue weighted by atomic mass is 16.6. The molecule has 24 heavy (non-hydrogen) atoms. The Hall–Kier alpha value is -2.50. The molecule has 0 bridgehead atoms. The third-order valence-electron chi connectivity index (χ3n) is 3.26. The van der Waals surface area contributed by atoms with Crippen molar-refractivity contribution >= 4 is 18.0 Å². The summed E-state index contributed by atoms with van der Waals surface area (Å²) in [6.45, 7) is 3.79. The number of esters is 2. The van der Waals surface area contributed by atoms with Crippen LogP contribution in [0.4, 0.5) is 0 Å². The van der Waals surface area contributed by atoms with E-state index in [1.54, 1.807) is 52.4 Å². The molecule has 0 spiro atoms. The van der Waals surface area contributed by atoms with E-state index < -0.39 is 17.9 Å². The number of allylic oxidation sites excluding steroid dienone is 1. The quantitative estimate of drug-likeness (QED) is 0.510. The predicted octanol–water partition coefficient (Wildman–Crippen LogP) is 2.85. The highest BCUT2D eigenvalue weighted by Crippen LogP contribution is 2.29. The second kappa shape index (κ2) is 10.3. The van der Waals surface area contributed by atoms with Crippen molar-refractivity contribution in [3.05, 3.63) is 29.8 Å². The Labute approximate surface area is 142 Å². The molecule has 0 amide bonds. The summed E-state index contributed by atoms with van der Waals surface area (Å²) in [5.41, 5.74) is 0.731. The van der Waals surface area contributed by atoms with E-state index in [4.69, 9.17) is 18.9 Å². The van der Waals surface area contributed by atoms with E-state index in [2.05, 4.69) is 0 Å². The van der Waals surface area contributed by atoms with Crippen LogP contribution in [0.2, 0.25) is 0 Å². The molecule has 6 heteroatoms. The minimum atomic E-state index is -0.984. The normalized spacial score (nSPS) is 10.7. The third-order valence-corrected chi connectivity index (χ3v) is 3.26. The van der Waals surface area contributed by atoms with Crippen LogP contribution in [0.25, 0.3) is 6.08 Å². The van der Waals surface area contributed by atoms with E-state index >= 15 is 0 Å². The average molecular weight is 336 g/mol. The van der Waals surface area contributed by atoms with Crippen LogP contribution in [0, 0.1) is 5.92 Å². The van der Waals surface area contributed by atoms with E-state index in [1.807, 2.05) is 6.07 Å². The SMILES string of the molecule is CCOC(=O)C(C/C=C/c1c(OC)cccc1OC)C(=O)OCC. The van der Waals surface area contributed by atoms with Crippen LogP contribution in [-0.2, 0) is 19.1 Å². The van der Waals surface area contributed by atoms with Gasteiger partial charge in [-0.15, -0.1) is 0 Å². The molecule has 0 radical (unpaired) electrons. The summed E-state index contributed by atoms with van der Waals surface area (Å²) in [5, 5.41) is 0. The predicted molar refractivity (Wildman–Crippen MR) is 90.0 cm³/mol. The van der Waals surface area contributed by atoms with Gasteiger partial charge in [0.2, 0.25) is 0 Å².